The van der Waals surface area contributed by atoms with Crippen molar-refractivity contribution in [2.45, 2.75) is 33.1 Å². The summed E-state index contributed by atoms with van der Waals surface area (Å²) >= 11 is 0. The van der Waals surface area contributed by atoms with Crippen molar-refractivity contribution < 1.29 is 9.59 Å². The van der Waals surface area contributed by atoms with Crippen LogP contribution in [0.4, 0.5) is 0 Å². The first-order valence-corrected chi connectivity index (χ1v) is 7.81. The summed E-state index contributed by atoms with van der Waals surface area (Å²) in [7, 11) is 0. The summed E-state index contributed by atoms with van der Waals surface area (Å²) in [6.45, 7) is 5.68. The van der Waals surface area contributed by atoms with Crippen LogP contribution in [0.25, 0.3) is 5.78 Å². The first kappa shape index (κ1) is 15.4. The molecule has 2 aromatic heterocycles. The average molecular weight is 316 g/mol. The summed E-state index contributed by atoms with van der Waals surface area (Å²) in [5.41, 5.74) is 1.69. The highest BCUT2D eigenvalue weighted by Crippen LogP contribution is 2.08. The number of aromatic nitrogens is 4. The van der Waals surface area contributed by atoms with Crippen molar-refractivity contribution in [2.75, 3.05) is 19.6 Å². The highest BCUT2D eigenvalue weighted by atomic mass is 16.2. The van der Waals surface area contributed by atoms with E-state index in [2.05, 4.69) is 20.4 Å². The van der Waals surface area contributed by atoms with Gasteiger partial charge in [-0.15, -0.1) is 5.10 Å². The predicted molar refractivity (Wildman–Crippen MR) is 83.0 cm³/mol. The molecule has 0 aliphatic carbocycles. The number of rotatable bonds is 4. The Morgan fingerprint density at radius 1 is 1.22 bits per heavy atom. The van der Waals surface area contributed by atoms with Crippen LogP contribution >= 0.6 is 0 Å². The molecule has 0 saturated carbocycles. The number of amides is 2. The minimum absolute atomic E-state index is 0.0693. The van der Waals surface area contributed by atoms with Gasteiger partial charge in [0.25, 0.3) is 11.7 Å². The first-order chi connectivity index (χ1) is 11.0. The van der Waals surface area contributed by atoms with E-state index in [0.29, 0.717) is 12.2 Å². The summed E-state index contributed by atoms with van der Waals surface area (Å²) in [5.74, 6) is 0.168. The number of aryl methyl sites for hydroxylation is 2. The van der Waals surface area contributed by atoms with E-state index < -0.39 is 0 Å². The molecule has 8 nitrogen and oxygen atoms in total. The molecule has 3 rings (SSSR count). The quantitative estimate of drug-likeness (QED) is 0.886. The van der Waals surface area contributed by atoms with Crippen LogP contribution in [-0.2, 0) is 4.79 Å². The smallest absolute Gasteiger partial charge is 0.291 e. The Kier molecular flexibility index (Phi) is 4.22. The molecule has 0 bridgehead atoms. The second-order valence-corrected chi connectivity index (χ2v) is 5.78. The number of likely N-dealkylation sites (tertiary alicyclic amines) is 1. The van der Waals surface area contributed by atoms with Gasteiger partial charge in [0.05, 0.1) is 0 Å². The molecule has 1 saturated heterocycles. The third-order valence-corrected chi connectivity index (χ3v) is 3.90. The molecule has 0 aromatic carbocycles. The van der Waals surface area contributed by atoms with Crippen LogP contribution in [0.3, 0.4) is 0 Å². The van der Waals surface area contributed by atoms with Gasteiger partial charge in [-0.2, -0.15) is 4.98 Å². The molecule has 8 heteroatoms. The molecule has 2 aromatic rings. The first-order valence-electron chi connectivity index (χ1n) is 7.81. The van der Waals surface area contributed by atoms with Crippen LogP contribution in [0, 0.1) is 13.8 Å². The number of hydrogen-bond acceptors (Lipinski definition) is 5. The Morgan fingerprint density at radius 2 is 1.96 bits per heavy atom. The second kappa shape index (κ2) is 6.31. The van der Waals surface area contributed by atoms with E-state index >= 15 is 0 Å². The van der Waals surface area contributed by atoms with E-state index in [1.807, 2.05) is 24.8 Å². The van der Waals surface area contributed by atoms with Crippen molar-refractivity contribution >= 4 is 17.6 Å². The van der Waals surface area contributed by atoms with Gasteiger partial charge >= 0.3 is 0 Å². The van der Waals surface area contributed by atoms with E-state index in [9.17, 15) is 9.59 Å². The molecule has 0 spiro atoms. The van der Waals surface area contributed by atoms with Crippen molar-refractivity contribution in [2.24, 2.45) is 0 Å². The Hall–Kier alpha value is -2.51. The maximum Gasteiger partial charge on any atom is 0.291 e. The summed E-state index contributed by atoms with van der Waals surface area (Å²) in [5, 5.41) is 6.86. The van der Waals surface area contributed by atoms with E-state index in [0.717, 1.165) is 37.3 Å². The molecular formula is C15H20N6O2. The standard InChI is InChI=1S/C15H20N6O2/c1-10-9-11(2)21-15(17-10)18-13(19-21)14(23)16-6-5-12(22)20-7-3-4-8-20/h9H,3-8H2,1-2H3,(H,16,23). The SMILES string of the molecule is Cc1cc(C)n2nc(C(=O)NCCC(=O)N3CCCC3)nc2n1. The lowest BCUT2D eigenvalue weighted by Crippen LogP contribution is -2.33. The maximum absolute atomic E-state index is 12.1. The number of carbonyl (C=O) groups is 2. The van der Waals surface area contributed by atoms with Gasteiger partial charge in [-0.05, 0) is 32.8 Å². The summed E-state index contributed by atoms with van der Waals surface area (Å²) in [4.78, 5) is 34.3. The molecule has 0 radical (unpaired) electrons. The van der Waals surface area contributed by atoms with Crippen LogP contribution in [0.2, 0.25) is 0 Å². The number of nitrogens with one attached hydrogen (secondary N) is 1. The van der Waals surface area contributed by atoms with Crippen LogP contribution in [0.5, 0.6) is 0 Å². The number of fused-ring (bicyclic) bond motifs is 1. The fourth-order valence-electron chi connectivity index (χ4n) is 2.75. The fourth-order valence-corrected chi connectivity index (χ4v) is 2.75. The lowest BCUT2D eigenvalue weighted by atomic mass is 10.3. The van der Waals surface area contributed by atoms with Crippen molar-refractivity contribution in [3.8, 4) is 0 Å². The zero-order chi connectivity index (χ0) is 16.4. The van der Waals surface area contributed by atoms with Gasteiger partial charge in [0.1, 0.15) is 0 Å². The number of hydrogen-bond donors (Lipinski definition) is 1. The van der Waals surface area contributed by atoms with Gasteiger partial charge in [0.2, 0.25) is 11.7 Å². The normalized spacial score (nSPS) is 14.4. The fraction of sp³-hybridized carbons (Fsp3) is 0.533. The largest absolute Gasteiger partial charge is 0.349 e. The molecule has 23 heavy (non-hydrogen) atoms. The molecule has 0 unspecified atom stereocenters. The van der Waals surface area contributed by atoms with Crippen LogP contribution in [-0.4, -0.2) is 55.9 Å². The lowest BCUT2D eigenvalue weighted by Gasteiger charge is -2.14. The van der Waals surface area contributed by atoms with E-state index in [-0.39, 0.29) is 24.2 Å². The molecule has 3 heterocycles. The van der Waals surface area contributed by atoms with Crippen LogP contribution in [0.1, 0.15) is 41.3 Å². The van der Waals surface area contributed by atoms with Gasteiger partial charge in [-0.3, -0.25) is 9.59 Å². The predicted octanol–water partition coefficient (Wildman–Crippen LogP) is 0.483. The third-order valence-electron chi connectivity index (χ3n) is 3.90. The summed E-state index contributed by atoms with van der Waals surface area (Å²) < 4.78 is 1.54. The Morgan fingerprint density at radius 3 is 2.70 bits per heavy atom. The molecule has 1 fully saturated rings. The lowest BCUT2D eigenvalue weighted by molar-refractivity contribution is -0.129. The zero-order valence-electron chi connectivity index (χ0n) is 13.4. The monoisotopic (exact) mass is 316 g/mol. The zero-order valence-corrected chi connectivity index (χ0v) is 13.4. The highest BCUT2D eigenvalue weighted by molar-refractivity contribution is 5.91. The van der Waals surface area contributed by atoms with Gasteiger partial charge in [0.15, 0.2) is 0 Å². The molecule has 0 atom stereocenters. The Labute approximate surface area is 133 Å². The van der Waals surface area contributed by atoms with Gasteiger partial charge < -0.3 is 10.2 Å². The van der Waals surface area contributed by atoms with E-state index in [4.69, 9.17) is 0 Å². The number of nitrogens with zero attached hydrogens (tertiary/aromatic N) is 5. The summed E-state index contributed by atoms with van der Waals surface area (Å²) in [6, 6.07) is 1.87. The van der Waals surface area contributed by atoms with Crippen molar-refractivity contribution in [1.29, 1.82) is 0 Å². The molecule has 1 N–H and O–H groups in total. The van der Waals surface area contributed by atoms with Gasteiger partial charge in [-0.25, -0.2) is 9.50 Å². The second-order valence-electron chi connectivity index (χ2n) is 5.78. The molecule has 1 aliphatic rings. The van der Waals surface area contributed by atoms with Gasteiger partial charge in [0, 0.05) is 37.4 Å². The summed E-state index contributed by atoms with van der Waals surface area (Å²) in [6.07, 6.45) is 2.43. The number of carbonyl (C=O) groups excluding carboxylic acids is 2. The Balaban J connectivity index is 1.60. The third kappa shape index (κ3) is 3.30. The van der Waals surface area contributed by atoms with Crippen molar-refractivity contribution in [1.82, 2.24) is 29.8 Å². The molecular weight excluding hydrogens is 296 g/mol. The minimum Gasteiger partial charge on any atom is -0.349 e. The van der Waals surface area contributed by atoms with Gasteiger partial charge in [-0.1, -0.05) is 0 Å². The van der Waals surface area contributed by atoms with Crippen molar-refractivity contribution in [3.63, 3.8) is 0 Å². The topological polar surface area (TPSA) is 92.5 Å². The molecule has 2 amide bonds. The van der Waals surface area contributed by atoms with E-state index in [1.165, 1.54) is 4.52 Å². The van der Waals surface area contributed by atoms with Crippen LogP contribution < -0.4 is 5.32 Å². The minimum atomic E-state index is -0.387. The van der Waals surface area contributed by atoms with Crippen molar-refractivity contribution in [3.05, 3.63) is 23.3 Å². The maximum atomic E-state index is 12.1. The highest BCUT2D eigenvalue weighted by Gasteiger charge is 2.19. The molecule has 122 valence electrons. The molecule has 1 aliphatic heterocycles. The van der Waals surface area contributed by atoms with E-state index in [1.54, 1.807) is 0 Å². The average Bonchev–Trinajstić information content (AvgIpc) is 3.16. The Bertz CT molecular complexity index is 748. The van der Waals surface area contributed by atoms with Crippen LogP contribution in [0.15, 0.2) is 6.07 Å².